The number of amides is 1. The third kappa shape index (κ3) is 3.81. The molecule has 0 bridgehead atoms. The maximum absolute atomic E-state index is 10.8. The molecule has 0 saturated carbocycles. The van der Waals surface area contributed by atoms with Crippen LogP contribution < -0.4 is 0 Å². The molecule has 2 nitrogen and oxygen atoms in total. The van der Waals surface area contributed by atoms with E-state index in [-0.39, 0.29) is 5.24 Å². The van der Waals surface area contributed by atoms with Gasteiger partial charge in [0.2, 0.25) is 0 Å². The van der Waals surface area contributed by atoms with Crippen molar-refractivity contribution in [3.8, 4) is 0 Å². The molecular formula is C5H10BrNOS. The number of halogens is 1. The van der Waals surface area contributed by atoms with Crippen molar-refractivity contribution in [2.24, 2.45) is 0 Å². The maximum Gasteiger partial charge on any atom is 0.282 e. The number of hydrogen-bond acceptors (Lipinski definition) is 2. The molecule has 0 saturated heterocycles. The highest BCUT2D eigenvalue weighted by Gasteiger charge is 2.04. The molecule has 0 aliphatic carbocycles. The Morgan fingerprint density at radius 2 is 2.33 bits per heavy atom. The van der Waals surface area contributed by atoms with Gasteiger partial charge in [-0.25, -0.2) is 0 Å². The van der Waals surface area contributed by atoms with Crippen molar-refractivity contribution in [2.75, 3.05) is 18.3 Å². The Morgan fingerprint density at radius 3 is 2.67 bits per heavy atom. The van der Waals surface area contributed by atoms with Gasteiger partial charge in [0, 0.05) is 7.05 Å². The van der Waals surface area contributed by atoms with Crippen molar-refractivity contribution in [2.45, 2.75) is 6.92 Å². The first-order chi connectivity index (χ1) is 4.22. The molecule has 0 aromatic carbocycles. The van der Waals surface area contributed by atoms with E-state index in [0.29, 0.717) is 5.45 Å². The van der Waals surface area contributed by atoms with Gasteiger partial charge in [0.1, 0.15) is 0 Å². The molecule has 0 spiro atoms. The fraction of sp³-hybridized carbons (Fsp3) is 0.800. The highest BCUT2D eigenvalue weighted by atomic mass is 79.9. The number of carbonyl (C=O) groups is 1. The Labute approximate surface area is 68.1 Å². The van der Waals surface area contributed by atoms with Crippen molar-refractivity contribution in [3.05, 3.63) is 0 Å². The summed E-state index contributed by atoms with van der Waals surface area (Å²) in [5.41, 5.74) is 0.610. The van der Waals surface area contributed by atoms with Gasteiger partial charge in [0.25, 0.3) is 5.24 Å². The summed E-state index contributed by atoms with van der Waals surface area (Å²) in [5, 5.41) is 0.120. The summed E-state index contributed by atoms with van der Waals surface area (Å²) in [5.74, 6) is 0.843. The zero-order valence-corrected chi connectivity index (χ0v) is 7.96. The average Bonchev–Trinajstić information content (AvgIpc) is 1.87. The SMILES string of the molecule is CCSC(=O)N(C)CBr. The molecule has 1 amide bonds. The second-order valence-corrected chi connectivity index (χ2v) is 3.23. The van der Waals surface area contributed by atoms with E-state index in [9.17, 15) is 4.79 Å². The summed E-state index contributed by atoms with van der Waals surface area (Å²) < 4.78 is 0. The van der Waals surface area contributed by atoms with Crippen LogP contribution in [-0.2, 0) is 0 Å². The smallest absolute Gasteiger partial charge is 0.282 e. The summed E-state index contributed by atoms with van der Waals surface area (Å²) in [6.45, 7) is 1.96. The number of carbonyl (C=O) groups excluding carboxylic acids is 1. The van der Waals surface area contributed by atoms with Crippen molar-refractivity contribution in [3.63, 3.8) is 0 Å². The van der Waals surface area contributed by atoms with Crippen LogP contribution in [0.25, 0.3) is 0 Å². The predicted octanol–water partition coefficient (Wildman–Crippen LogP) is 2.14. The van der Waals surface area contributed by atoms with Crippen LogP contribution in [0.2, 0.25) is 0 Å². The number of rotatable bonds is 2. The first-order valence-electron chi connectivity index (χ1n) is 2.66. The first-order valence-corrected chi connectivity index (χ1v) is 4.77. The Bertz CT molecular complexity index is 99.0. The molecule has 0 fully saturated rings. The number of hydrogen-bond donors (Lipinski definition) is 0. The molecule has 9 heavy (non-hydrogen) atoms. The summed E-state index contributed by atoms with van der Waals surface area (Å²) in [4.78, 5) is 12.5. The first kappa shape index (κ1) is 9.30. The fourth-order valence-electron chi connectivity index (χ4n) is 0.282. The lowest BCUT2D eigenvalue weighted by molar-refractivity contribution is 0.240. The van der Waals surface area contributed by atoms with E-state index in [1.807, 2.05) is 6.92 Å². The molecule has 0 aromatic rings. The zero-order chi connectivity index (χ0) is 7.28. The molecule has 0 radical (unpaired) electrons. The summed E-state index contributed by atoms with van der Waals surface area (Å²) in [7, 11) is 1.76. The lowest BCUT2D eigenvalue weighted by atomic mass is 11.0. The second kappa shape index (κ2) is 5.11. The van der Waals surface area contributed by atoms with E-state index in [4.69, 9.17) is 0 Å². The van der Waals surface area contributed by atoms with Gasteiger partial charge in [-0.1, -0.05) is 34.6 Å². The molecule has 0 aliphatic heterocycles. The Morgan fingerprint density at radius 1 is 1.78 bits per heavy atom. The van der Waals surface area contributed by atoms with Gasteiger partial charge >= 0.3 is 0 Å². The van der Waals surface area contributed by atoms with Crippen LogP contribution in [0.5, 0.6) is 0 Å². The van der Waals surface area contributed by atoms with Gasteiger partial charge in [-0.05, 0) is 5.75 Å². The molecule has 0 heterocycles. The highest BCUT2D eigenvalue weighted by molar-refractivity contribution is 9.09. The molecule has 4 heteroatoms. The Balaban J connectivity index is 3.46. The van der Waals surface area contributed by atoms with Gasteiger partial charge in [0.05, 0.1) is 5.45 Å². The second-order valence-electron chi connectivity index (χ2n) is 1.52. The van der Waals surface area contributed by atoms with Crippen LogP contribution in [0.4, 0.5) is 4.79 Å². The quantitative estimate of drug-likeness (QED) is 0.516. The maximum atomic E-state index is 10.8. The third-order valence-corrected chi connectivity index (χ3v) is 2.36. The highest BCUT2D eigenvalue weighted by Crippen LogP contribution is 2.06. The van der Waals surface area contributed by atoms with E-state index < -0.39 is 0 Å². The van der Waals surface area contributed by atoms with E-state index in [1.165, 1.54) is 11.8 Å². The van der Waals surface area contributed by atoms with Gasteiger partial charge in [-0.2, -0.15) is 0 Å². The van der Waals surface area contributed by atoms with Gasteiger partial charge < -0.3 is 4.90 Å². The summed E-state index contributed by atoms with van der Waals surface area (Å²) in [6, 6.07) is 0. The number of thioether (sulfide) groups is 1. The number of alkyl halides is 1. The van der Waals surface area contributed by atoms with Crippen LogP contribution in [0.15, 0.2) is 0 Å². The van der Waals surface area contributed by atoms with Crippen LogP contribution >= 0.6 is 27.7 Å². The lowest BCUT2D eigenvalue weighted by Crippen LogP contribution is -2.20. The molecule has 0 aromatic heterocycles. The molecule has 0 aliphatic rings. The lowest BCUT2D eigenvalue weighted by Gasteiger charge is -2.10. The van der Waals surface area contributed by atoms with Gasteiger partial charge in [-0.15, -0.1) is 0 Å². The summed E-state index contributed by atoms with van der Waals surface area (Å²) in [6.07, 6.45) is 0. The molecule has 0 atom stereocenters. The van der Waals surface area contributed by atoms with Crippen molar-refractivity contribution >= 4 is 32.9 Å². The molecule has 54 valence electrons. The third-order valence-electron chi connectivity index (χ3n) is 0.759. The number of nitrogens with zero attached hydrogens (tertiary/aromatic N) is 1. The molecule has 0 N–H and O–H groups in total. The molecule has 0 unspecified atom stereocenters. The van der Waals surface area contributed by atoms with Crippen molar-refractivity contribution < 1.29 is 4.79 Å². The zero-order valence-electron chi connectivity index (χ0n) is 5.56. The van der Waals surface area contributed by atoms with Crippen molar-refractivity contribution in [1.82, 2.24) is 4.90 Å². The summed E-state index contributed by atoms with van der Waals surface area (Å²) >= 11 is 4.50. The van der Waals surface area contributed by atoms with E-state index in [2.05, 4.69) is 15.9 Å². The predicted molar refractivity (Wildman–Crippen MR) is 45.1 cm³/mol. The van der Waals surface area contributed by atoms with Gasteiger partial charge in [0.15, 0.2) is 0 Å². The van der Waals surface area contributed by atoms with Crippen LogP contribution in [0.3, 0.4) is 0 Å². The average molecular weight is 212 g/mol. The van der Waals surface area contributed by atoms with E-state index >= 15 is 0 Å². The van der Waals surface area contributed by atoms with Gasteiger partial charge in [-0.3, -0.25) is 4.79 Å². The Hall–Kier alpha value is 0.300. The standard InChI is InChI=1S/C5H10BrNOS/c1-3-9-5(8)7(2)4-6/h3-4H2,1-2H3. The molecule has 0 rings (SSSR count). The minimum absolute atomic E-state index is 0.120. The van der Waals surface area contributed by atoms with Crippen LogP contribution in [0.1, 0.15) is 6.92 Å². The minimum atomic E-state index is 0.120. The molecular weight excluding hydrogens is 202 g/mol. The Kier molecular flexibility index (Phi) is 5.28. The van der Waals surface area contributed by atoms with Crippen LogP contribution in [-0.4, -0.2) is 28.4 Å². The van der Waals surface area contributed by atoms with E-state index in [1.54, 1.807) is 11.9 Å². The monoisotopic (exact) mass is 211 g/mol. The normalized spacial score (nSPS) is 9.22. The van der Waals surface area contributed by atoms with E-state index in [0.717, 1.165) is 5.75 Å². The van der Waals surface area contributed by atoms with Crippen LogP contribution in [0, 0.1) is 0 Å². The fourth-order valence-corrected chi connectivity index (χ4v) is 1.21. The largest absolute Gasteiger partial charge is 0.327 e. The van der Waals surface area contributed by atoms with Crippen molar-refractivity contribution in [1.29, 1.82) is 0 Å². The topological polar surface area (TPSA) is 20.3 Å². The minimum Gasteiger partial charge on any atom is -0.327 e.